The van der Waals surface area contributed by atoms with E-state index >= 15 is 0 Å². The first-order valence-electron chi connectivity index (χ1n) is 9.87. The van der Waals surface area contributed by atoms with Crippen molar-refractivity contribution in [2.75, 3.05) is 6.73 Å². The van der Waals surface area contributed by atoms with Crippen molar-refractivity contribution in [3.63, 3.8) is 0 Å². The first-order valence-corrected chi connectivity index (χ1v) is 10.7. The van der Waals surface area contributed by atoms with Crippen LogP contribution in [0.5, 0.6) is 11.5 Å². The molecule has 2 aliphatic heterocycles. The molecule has 1 unspecified atom stereocenters. The van der Waals surface area contributed by atoms with E-state index in [1.165, 1.54) is 5.56 Å². The molecule has 0 saturated carbocycles. The van der Waals surface area contributed by atoms with Crippen molar-refractivity contribution in [2.45, 2.75) is 19.5 Å². The lowest BCUT2D eigenvalue weighted by Crippen LogP contribution is -2.34. The van der Waals surface area contributed by atoms with Crippen LogP contribution in [0.4, 0.5) is 0 Å². The zero-order valence-corrected chi connectivity index (χ0v) is 18.1. The molecule has 5 rings (SSSR count). The molecule has 1 atom stereocenters. The van der Waals surface area contributed by atoms with E-state index < -0.39 is 0 Å². The predicted molar refractivity (Wildman–Crippen MR) is 119 cm³/mol. The summed E-state index contributed by atoms with van der Waals surface area (Å²) >= 11 is 3.47. The largest absolute Gasteiger partial charge is 0.478 e. The minimum Gasteiger partial charge on any atom is -0.478 e. The van der Waals surface area contributed by atoms with Gasteiger partial charge in [0, 0.05) is 17.1 Å². The highest BCUT2D eigenvalue weighted by Crippen LogP contribution is 2.43. The minimum atomic E-state index is -0.0963. The molecule has 0 aromatic heterocycles. The number of ether oxygens (including phenoxy) is 2. The molecule has 150 valence electrons. The van der Waals surface area contributed by atoms with Gasteiger partial charge in [0.25, 0.3) is 0 Å². The highest BCUT2D eigenvalue weighted by Gasteiger charge is 2.34. The molecule has 3 aromatic carbocycles. The second-order valence-corrected chi connectivity index (χ2v) is 8.44. The first-order chi connectivity index (χ1) is 14.6. The Kier molecular flexibility index (Phi) is 4.93. The molecule has 0 radical (unpaired) electrons. The third-order valence-corrected chi connectivity index (χ3v) is 6.11. The summed E-state index contributed by atoms with van der Waals surface area (Å²) in [6, 6.07) is 22.0. The van der Waals surface area contributed by atoms with Gasteiger partial charge in [0.1, 0.15) is 18.2 Å². The number of benzene rings is 3. The number of carbonyl (C=O) groups is 1. The van der Waals surface area contributed by atoms with Crippen molar-refractivity contribution >= 4 is 27.8 Å². The van der Waals surface area contributed by atoms with Crippen LogP contribution in [-0.4, -0.2) is 17.4 Å². The minimum absolute atomic E-state index is 0.0963. The maximum Gasteiger partial charge on any atom is 0.231 e. The van der Waals surface area contributed by atoms with Crippen LogP contribution in [0.1, 0.15) is 40.0 Å². The van der Waals surface area contributed by atoms with E-state index in [0.29, 0.717) is 30.3 Å². The van der Waals surface area contributed by atoms with Gasteiger partial charge >= 0.3 is 0 Å². The topological polar surface area (TPSA) is 38.8 Å². The van der Waals surface area contributed by atoms with Gasteiger partial charge in [-0.05, 0) is 48.4 Å². The lowest BCUT2D eigenvalue weighted by Gasteiger charge is -2.34. The second-order valence-electron chi connectivity index (χ2n) is 7.52. The fourth-order valence-corrected chi connectivity index (χ4v) is 4.33. The van der Waals surface area contributed by atoms with Gasteiger partial charge in [0.2, 0.25) is 5.78 Å². The van der Waals surface area contributed by atoms with E-state index in [4.69, 9.17) is 9.47 Å². The summed E-state index contributed by atoms with van der Waals surface area (Å²) in [5.41, 5.74) is 3.65. The van der Waals surface area contributed by atoms with Crippen LogP contribution in [0.2, 0.25) is 0 Å². The van der Waals surface area contributed by atoms with Gasteiger partial charge < -0.3 is 9.47 Å². The maximum atomic E-state index is 12.9. The number of carbonyl (C=O) groups excluding carboxylic acids is 1. The van der Waals surface area contributed by atoms with E-state index in [9.17, 15) is 4.79 Å². The van der Waals surface area contributed by atoms with Gasteiger partial charge in [0.05, 0.1) is 11.1 Å². The summed E-state index contributed by atoms with van der Waals surface area (Å²) < 4.78 is 13.1. The Morgan fingerprint density at radius 2 is 1.90 bits per heavy atom. The summed E-state index contributed by atoms with van der Waals surface area (Å²) in [7, 11) is 0. The van der Waals surface area contributed by atoms with Crippen LogP contribution in [0.15, 0.2) is 77.0 Å². The van der Waals surface area contributed by atoms with Gasteiger partial charge in [0.15, 0.2) is 5.76 Å². The Morgan fingerprint density at radius 3 is 2.70 bits per heavy atom. The number of halogens is 1. The third kappa shape index (κ3) is 3.44. The van der Waals surface area contributed by atoms with Crippen molar-refractivity contribution in [3.05, 3.63) is 99.2 Å². The molecule has 0 spiro atoms. The summed E-state index contributed by atoms with van der Waals surface area (Å²) in [4.78, 5) is 15.2. The van der Waals surface area contributed by atoms with E-state index in [1.54, 1.807) is 12.1 Å². The van der Waals surface area contributed by atoms with Crippen molar-refractivity contribution in [3.8, 4) is 11.5 Å². The highest BCUT2D eigenvalue weighted by molar-refractivity contribution is 9.10. The van der Waals surface area contributed by atoms with Crippen molar-refractivity contribution in [2.24, 2.45) is 0 Å². The van der Waals surface area contributed by atoms with Crippen LogP contribution in [0.25, 0.3) is 6.08 Å². The number of rotatable bonds is 3. The van der Waals surface area contributed by atoms with Crippen LogP contribution < -0.4 is 9.47 Å². The fourth-order valence-electron chi connectivity index (χ4n) is 3.91. The molecule has 3 aromatic rings. The Balaban J connectivity index is 1.46. The smallest absolute Gasteiger partial charge is 0.231 e. The average Bonchev–Trinajstić information content (AvgIpc) is 3.09. The first kappa shape index (κ1) is 19.1. The SMILES string of the molecule is CC(c1ccccc1)N1COc2ccc3c(c2C1)O/C(=C\c1cccc(Br)c1)C3=O. The van der Waals surface area contributed by atoms with Crippen molar-refractivity contribution < 1.29 is 14.3 Å². The van der Waals surface area contributed by atoms with Gasteiger partial charge in [-0.2, -0.15) is 0 Å². The number of hydrogen-bond acceptors (Lipinski definition) is 4. The molecule has 5 heteroatoms. The number of hydrogen-bond donors (Lipinski definition) is 0. The molecular weight excluding hydrogens is 442 g/mol. The van der Waals surface area contributed by atoms with E-state index in [0.717, 1.165) is 21.3 Å². The van der Waals surface area contributed by atoms with Gasteiger partial charge in [-0.25, -0.2) is 0 Å². The molecule has 0 N–H and O–H groups in total. The molecular formula is C25H20BrNO3. The number of Topliss-reactive ketones (excluding diaryl/α,β-unsaturated/α-hetero) is 1. The summed E-state index contributed by atoms with van der Waals surface area (Å²) in [5, 5.41) is 0. The Labute approximate surface area is 183 Å². The molecule has 0 amide bonds. The van der Waals surface area contributed by atoms with Crippen molar-refractivity contribution in [1.82, 2.24) is 4.90 Å². The van der Waals surface area contributed by atoms with Crippen molar-refractivity contribution in [1.29, 1.82) is 0 Å². The second kappa shape index (κ2) is 7.74. The predicted octanol–water partition coefficient (Wildman–Crippen LogP) is 5.98. The number of ketones is 1. The normalized spacial score (nSPS) is 17.8. The molecule has 30 heavy (non-hydrogen) atoms. The van der Waals surface area contributed by atoms with Crippen LogP contribution in [0.3, 0.4) is 0 Å². The molecule has 4 nitrogen and oxygen atoms in total. The molecule has 2 aliphatic rings. The van der Waals surface area contributed by atoms with Crippen LogP contribution in [-0.2, 0) is 6.54 Å². The van der Waals surface area contributed by atoms with Crippen LogP contribution >= 0.6 is 15.9 Å². The average molecular weight is 462 g/mol. The van der Waals surface area contributed by atoms with Gasteiger partial charge in [-0.1, -0.05) is 58.4 Å². The monoisotopic (exact) mass is 461 g/mol. The maximum absolute atomic E-state index is 12.9. The molecule has 2 heterocycles. The summed E-state index contributed by atoms with van der Waals surface area (Å²) in [6.07, 6.45) is 1.79. The number of fused-ring (bicyclic) bond motifs is 3. The molecule has 0 aliphatic carbocycles. The number of nitrogens with zero attached hydrogens (tertiary/aromatic N) is 1. The standard InChI is InChI=1S/C25H20BrNO3/c1-16(18-7-3-2-4-8-18)27-14-21-22(29-15-27)11-10-20-24(28)23(30-25(20)21)13-17-6-5-9-19(26)12-17/h2-13,16H,14-15H2,1H3/b23-13-. The van der Waals surface area contributed by atoms with Crippen LogP contribution in [0, 0.1) is 0 Å². The van der Waals surface area contributed by atoms with E-state index in [-0.39, 0.29) is 11.8 Å². The summed E-state index contributed by atoms with van der Waals surface area (Å²) in [6.45, 7) is 3.32. The Morgan fingerprint density at radius 1 is 1.07 bits per heavy atom. The van der Waals surface area contributed by atoms with E-state index in [1.807, 2.05) is 48.5 Å². The highest BCUT2D eigenvalue weighted by atomic mass is 79.9. The Bertz CT molecular complexity index is 1160. The van der Waals surface area contributed by atoms with Gasteiger partial charge in [-0.15, -0.1) is 0 Å². The molecule has 0 saturated heterocycles. The zero-order valence-electron chi connectivity index (χ0n) is 16.5. The lowest BCUT2D eigenvalue weighted by atomic mass is 10.0. The lowest BCUT2D eigenvalue weighted by molar-refractivity contribution is 0.0606. The van der Waals surface area contributed by atoms with E-state index in [2.05, 4.69) is 39.9 Å². The third-order valence-electron chi connectivity index (χ3n) is 5.62. The molecule has 0 fully saturated rings. The summed E-state index contributed by atoms with van der Waals surface area (Å²) in [5.74, 6) is 1.64. The quantitative estimate of drug-likeness (QED) is 0.449. The number of allylic oxidation sites excluding steroid dienone is 1. The Hall–Kier alpha value is -2.89. The zero-order chi connectivity index (χ0) is 20.7. The fraction of sp³-hybridized carbons (Fsp3) is 0.160. The molecule has 0 bridgehead atoms. The van der Waals surface area contributed by atoms with Gasteiger partial charge in [-0.3, -0.25) is 9.69 Å².